The third kappa shape index (κ3) is 2.52. The van der Waals surface area contributed by atoms with Gasteiger partial charge in [0, 0.05) is 0 Å². The fourth-order valence-electron chi connectivity index (χ4n) is 1.78. The van der Waals surface area contributed by atoms with Crippen molar-refractivity contribution in [3.8, 4) is 5.75 Å². The fourth-order valence-corrected chi connectivity index (χ4v) is 1.78. The number of benzene rings is 1. The molecule has 0 aromatic heterocycles. The van der Waals surface area contributed by atoms with Gasteiger partial charge in [-0.25, -0.2) is 0 Å². The number of phenolic OH excluding ortho intramolecular Hbond substituents is 1. The summed E-state index contributed by atoms with van der Waals surface area (Å²) < 4.78 is 0. The standard InChI is InChI=1S/C12H17NO3/c1-3-9-7(2)8(4-5-11(9)14)6-10(13)12(15)16/h4-5,10,14H,3,6,13H2,1-2H3,(H,15,16)/t10-/m0/s1. The number of carboxylic acids is 1. The van der Waals surface area contributed by atoms with E-state index in [1.54, 1.807) is 12.1 Å². The number of hydrogen-bond donors (Lipinski definition) is 3. The average Bonchev–Trinajstić information content (AvgIpc) is 2.22. The fraction of sp³-hybridized carbons (Fsp3) is 0.417. The Labute approximate surface area is 94.7 Å². The molecular formula is C12H17NO3. The lowest BCUT2D eigenvalue weighted by Gasteiger charge is -2.13. The third-order valence-electron chi connectivity index (χ3n) is 2.80. The van der Waals surface area contributed by atoms with E-state index in [0.29, 0.717) is 6.42 Å². The number of hydrogen-bond acceptors (Lipinski definition) is 3. The van der Waals surface area contributed by atoms with Crippen molar-refractivity contribution in [2.75, 3.05) is 0 Å². The molecule has 0 fully saturated rings. The number of rotatable bonds is 4. The van der Waals surface area contributed by atoms with Crippen molar-refractivity contribution < 1.29 is 15.0 Å². The van der Waals surface area contributed by atoms with Crippen LogP contribution in [-0.4, -0.2) is 22.2 Å². The Bertz CT molecular complexity index is 401. The number of aliphatic carboxylic acids is 1. The Morgan fingerprint density at radius 2 is 2.12 bits per heavy atom. The molecule has 0 saturated heterocycles. The molecule has 1 rings (SSSR count). The Morgan fingerprint density at radius 3 is 2.62 bits per heavy atom. The molecule has 0 heterocycles. The molecule has 0 aliphatic heterocycles. The van der Waals surface area contributed by atoms with Crippen LogP contribution < -0.4 is 5.73 Å². The molecule has 0 unspecified atom stereocenters. The Kier molecular flexibility index (Phi) is 3.90. The Morgan fingerprint density at radius 1 is 1.50 bits per heavy atom. The summed E-state index contributed by atoms with van der Waals surface area (Å²) in [5.41, 5.74) is 8.15. The molecule has 1 aromatic rings. The van der Waals surface area contributed by atoms with Gasteiger partial charge >= 0.3 is 5.97 Å². The SMILES string of the molecule is CCc1c(O)ccc(C[C@H](N)C(=O)O)c1C. The highest BCUT2D eigenvalue weighted by Crippen LogP contribution is 2.25. The summed E-state index contributed by atoms with van der Waals surface area (Å²) in [5, 5.41) is 18.4. The molecular weight excluding hydrogens is 206 g/mol. The second-order valence-electron chi connectivity index (χ2n) is 3.85. The average molecular weight is 223 g/mol. The van der Waals surface area contributed by atoms with Gasteiger partial charge < -0.3 is 15.9 Å². The quantitative estimate of drug-likeness (QED) is 0.716. The van der Waals surface area contributed by atoms with E-state index in [4.69, 9.17) is 10.8 Å². The van der Waals surface area contributed by atoms with Crippen LogP contribution >= 0.6 is 0 Å². The molecule has 1 atom stereocenters. The maximum absolute atomic E-state index is 10.7. The van der Waals surface area contributed by atoms with E-state index in [0.717, 1.165) is 16.7 Å². The summed E-state index contributed by atoms with van der Waals surface area (Å²) in [6.45, 7) is 3.82. The van der Waals surface area contributed by atoms with Crippen molar-refractivity contribution in [1.29, 1.82) is 0 Å². The van der Waals surface area contributed by atoms with E-state index in [2.05, 4.69) is 0 Å². The van der Waals surface area contributed by atoms with Gasteiger partial charge in [-0.3, -0.25) is 4.79 Å². The smallest absolute Gasteiger partial charge is 0.320 e. The van der Waals surface area contributed by atoms with Crippen LogP contribution in [0.25, 0.3) is 0 Å². The van der Waals surface area contributed by atoms with Crippen molar-refractivity contribution in [2.24, 2.45) is 5.73 Å². The lowest BCUT2D eigenvalue weighted by atomic mass is 9.95. The van der Waals surface area contributed by atoms with Gasteiger partial charge in [-0.2, -0.15) is 0 Å². The topological polar surface area (TPSA) is 83.5 Å². The molecule has 4 nitrogen and oxygen atoms in total. The number of nitrogens with two attached hydrogens (primary N) is 1. The van der Waals surface area contributed by atoms with Gasteiger partial charge in [-0.1, -0.05) is 13.0 Å². The molecule has 0 bridgehead atoms. The lowest BCUT2D eigenvalue weighted by Crippen LogP contribution is -2.32. The minimum Gasteiger partial charge on any atom is -0.508 e. The Hall–Kier alpha value is -1.55. The van der Waals surface area contributed by atoms with Gasteiger partial charge in [-0.05, 0) is 42.5 Å². The number of carbonyl (C=O) groups is 1. The zero-order valence-corrected chi connectivity index (χ0v) is 9.53. The van der Waals surface area contributed by atoms with Gasteiger partial charge in [0.1, 0.15) is 11.8 Å². The van der Waals surface area contributed by atoms with Gasteiger partial charge in [0.25, 0.3) is 0 Å². The predicted molar refractivity (Wildman–Crippen MR) is 61.5 cm³/mol. The molecule has 0 radical (unpaired) electrons. The van der Waals surface area contributed by atoms with Crippen LogP contribution in [0, 0.1) is 6.92 Å². The van der Waals surface area contributed by atoms with Gasteiger partial charge in [-0.15, -0.1) is 0 Å². The summed E-state index contributed by atoms with van der Waals surface area (Å²) >= 11 is 0. The molecule has 0 amide bonds. The molecule has 1 aromatic carbocycles. The molecule has 4 N–H and O–H groups in total. The molecule has 16 heavy (non-hydrogen) atoms. The lowest BCUT2D eigenvalue weighted by molar-refractivity contribution is -0.138. The molecule has 88 valence electrons. The molecule has 0 saturated carbocycles. The maximum atomic E-state index is 10.7. The molecule has 4 heteroatoms. The maximum Gasteiger partial charge on any atom is 0.320 e. The normalized spacial score (nSPS) is 12.4. The van der Waals surface area contributed by atoms with Crippen molar-refractivity contribution in [3.05, 3.63) is 28.8 Å². The first-order valence-electron chi connectivity index (χ1n) is 5.26. The molecule has 0 aliphatic carbocycles. The van der Waals surface area contributed by atoms with Crippen molar-refractivity contribution >= 4 is 5.97 Å². The van der Waals surface area contributed by atoms with Crippen LogP contribution in [0.15, 0.2) is 12.1 Å². The van der Waals surface area contributed by atoms with E-state index >= 15 is 0 Å². The predicted octanol–water partition coefficient (Wildman–Crippen LogP) is 1.22. The zero-order chi connectivity index (χ0) is 12.3. The highest BCUT2D eigenvalue weighted by Gasteiger charge is 2.15. The summed E-state index contributed by atoms with van der Waals surface area (Å²) in [6, 6.07) is 2.43. The molecule has 0 spiro atoms. The van der Waals surface area contributed by atoms with E-state index in [9.17, 15) is 9.90 Å². The van der Waals surface area contributed by atoms with Crippen LogP contribution in [0.4, 0.5) is 0 Å². The van der Waals surface area contributed by atoms with Crippen LogP contribution in [0.5, 0.6) is 5.75 Å². The summed E-state index contributed by atoms with van der Waals surface area (Å²) in [7, 11) is 0. The highest BCUT2D eigenvalue weighted by molar-refractivity contribution is 5.73. The third-order valence-corrected chi connectivity index (χ3v) is 2.80. The number of aromatic hydroxyl groups is 1. The summed E-state index contributed by atoms with van der Waals surface area (Å²) in [4.78, 5) is 10.7. The van der Waals surface area contributed by atoms with Crippen LogP contribution in [-0.2, 0) is 17.6 Å². The highest BCUT2D eigenvalue weighted by atomic mass is 16.4. The van der Waals surface area contributed by atoms with Gasteiger partial charge in [0.15, 0.2) is 0 Å². The van der Waals surface area contributed by atoms with Crippen LogP contribution in [0.2, 0.25) is 0 Å². The van der Waals surface area contributed by atoms with Gasteiger partial charge in [0.2, 0.25) is 0 Å². The zero-order valence-electron chi connectivity index (χ0n) is 9.53. The minimum atomic E-state index is -1.01. The minimum absolute atomic E-state index is 0.257. The largest absolute Gasteiger partial charge is 0.508 e. The van der Waals surface area contributed by atoms with Crippen molar-refractivity contribution in [3.63, 3.8) is 0 Å². The number of phenols is 1. The van der Waals surface area contributed by atoms with Gasteiger partial charge in [0.05, 0.1) is 0 Å². The monoisotopic (exact) mass is 223 g/mol. The first kappa shape index (κ1) is 12.5. The van der Waals surface area contributed by atoms with E-state index < -0.39 is 12.0 Å². The van der Waals surface area contributed by atoms with Crippen LogP contribution in [0.1, 0.15) is 23.6 Å². The van der Waals surface area contributed by atoms with Crippen LogP contribution in [0.3, 0.4) is 0 Å². The van der Waals surface area contributed by atoms with Crippen molar-refractivity contribution in [2.45, 2.75) is 32.7 Å². The second kappa shape index (κ2) is 4.99. The summed E-state index contributed by atoms with van der Waals surface area (Å²) in [6.07, 6.45) is 1.00. The van der Waals surface area contributed by atoms with E-state index in [1.165, 1.54) is 0 Å². The van der Waals surface area contributed by atoms with E-state index in [1.807, 2.05) is 13.8 Å². The Balaban J connectivity index is 3.02. The van der Waals surface area contributed by atoms with E-state index in [-0.39, 0.29) is 12.2 Å². The first-order chi connectivity index (χ1) is 7.47. The summed E-state index contributed by atoms with van der Waals surface area (Å²) in [5.74, 6) is -0.752. The first-order valence-corrected chi connectivity index (χ1v) is 5.26. The second-order valence-corrected chi connectivity index (χ2v) is 3.85. The molecule has 0 aliphatic rings. The number of carboxylic acid groups (broad SMARTS) is 1. The van der Waals surface area contributed by atoms with Crippen molar-refractivity contribution in [1.82, 2.24) is 0 Å².